The van der Waals surface area contributed by atoms with Crippen molar-refractivity contribution in [2.75, 3.05) is 0 Å². The highest BCUT2D eigenvalue weighted by molar-refractivity contribution is 5.86. The van der Waals surface area contributed by atoms with Gasteiger partial charge in [-0.2, -0.15) is 0 Å². The van der Waals surface area contributed by atoms with Gasteiger partial charge in [0.05, 0.1) is 5.69 Å². The number of rotatable bonds is 4. The van der Waals surface area contributed by atoms with Gasteiger partial charge in [0, 0.05) is 17.7 Å². The van der Waals surface area contributed by atoms with Gasteiger partial charge in [0.2, 0.25) is 0 Å². The minimum atomic E-state index is -0.558. The number of nitrogens with zero attached hydrogens (tertiary/aromatic N) is 1. The zero-order valence-electron chi connectivity index (χ0n) is 12.0. The van der Waals surface area contributed by atoms with Gasteiger partial charge in [0.15, 0.2) is 6.10 Å². The molecule has 0 aliphatic heterocycles. The van der Waals surface area contributed by atoms with Crippen LogP contribution in [0.15, 0.2) is 79.5 Å². The first kappa shape index (κ1) is 14.0. The van der Waals surface area contributed by atoms with Crippen molar-refractivity contribution in [3.05, 3.63) is 90.8 Å². The molecular formula is C19H15NO2. The highest BCUT2D eigenvalue weighted by Gasteiger charge is 2.21. The average Bonchev–Trinajstić information content (AvgIpc) is 2.60. The third kappa shape index (κ3) is 2.74. The smallest absolute Gasteiger partial charge is 0.331 e. The van der Waals surface area contributed by atoms with Gasteiger partial charge in [-0.3, -0.25) is 4.98 Å². The fourth-order valence-corrected chi connectivity index (χ4v) is 2.43. The van der Waals surface area contributed by atoms with E-state index in [0.717, 1.165) is 22.0 Å². The maximum absolute atomic E-state index is 11.7. The summed E-state index contributed by atoms with van der Waals surface area (Å²) < 4.78 is 5.56. The van der Waals surface area contributed by atoms with Crippen molar-refractivity contribution in [3.8, 4) is 0 Å². The molecule has 0 aliphatic carbocycles. The Morgan fingerprint density at radius 1 is 1.05 bits per heavy atom. The number of fused-ring (bicyclic) bond motifs is 1. The minimum absolute atomic E-state index is 0.469. The topological polar surface area (TPSA) is 39.2 Å². The zero-order valence-corrected chi connectivity index (χ0v) is 12.0. The van der Waals surface area contributed by atoms with Crippen LogP contribution in [0.1, 0.15) is 17.4 Å². The SMILES string of the molecule is C=CC(=O)OC(c1ccccc1)c1nccc2ccccc12. The summed E-state index contributed by atoms with van der Waals surface area (Å²) in [6.45, 7) is 3.47. The van der Waals surface area contributed by atoms with E-state index in [0.29, 0.717) is 0 Å². The molecular weight excluding hydrogens is 274 g/mol. The van der Waals surface area contributed by atoms with Crippen LogP contribution in [0.3, 0.4) is 0 Å². The molecule has 0 radical (unpaired) electrons. The van der Waals surface area contributed by atoms with E-state index in [9.17, 15) is 4.79 Å². The number of benzene rings is 2. The molecule has 1 unspecified atom stereocenters. The first-order chi connectivity index (χ1) is 10.8. The molecule has 108 valence electrons. The van der Waals surface area contributed by atoms with Gasteiger partial charge in [0.25, 0.3) is 0 Å². The lowest BCUT2D eigenvalue weighted by molar-refractivity contribution is -0.141. The van der Waals surface area contributed by atoms with Crippen LogP contribution in [0.4, 0.5) is 0 Å². The van der Waals surface area contributed by atoms with Crippen LogP contribution in [0.25, 0.3) is 10.8 Å². The van der Waals surface area contributed by atoms with Crippen LogP contribution < -0.4 is 0 Å². The quantitative estimate of drug-likeness (QED) is 0.537. The standard InChI is InChI=1S/C19H15NO2/c1-2-17(21)22-19(15-9-4-3-5-10-15)18-16-11-7-6-8-14(16)12-13-20-18/h2-13,19H,1H2. The predicted octanol–water partition coefficient (Wildman–Crippen LogP) is 4.05. The van der Waals surface area contributed by atoms with E-state index in [1.54, 1.807) is 6.20 Å². The van der Waals surface area contributed by atoms with Crippen molar-refractivity contribution in [1.29, 1.82) is 0 Å². The van der Waals surface area contributed by atoms with E-state index >= 15 is 0 Å². The summed E-state index contributed by atoms with van der Waals surface area (Å²) in [6, 6.07) is 19.4. The van der Waals surface area contributed by atoms with Crippen molar-refractivity contribution in [2.45, 2.75) is 6.10 Å². The number of pyridine rings is 1. The molecule has 0 amide bonds. The number of hydrogen-bond donors (Lipinski definition) is 0. The molecule has 2 aromatic carbocycles. The first-order valence-corrected chi connectivity index (χ1v) is 7.01. The Bertz CT molecular complexity index is 807. The number of ether oxygens (including phenoxy) is 1. The molecule has 3 rings (SSSR count). The fourth-order valence-electron chi connectivity index (χ4n) is 2.43. The third-order valence-electron chi connectivity index (χ3n) is 3.46. The van der Waals surface area contributed by atoms with Crippen molar-refractivity contribution in [2.24, 2.45) is 0 Å². The summed E-state index contributed by atoms with van der Waals surface area (Å²) in [6.07, 6.45) is 2.34. The molecule has 0 bridgehead atoms. The molecule has 0 aliphatic rings. The molecule has 22 heavy (non-hydrogen) atoms. The van der Waals surface area contributed by atoms with E-state index in [4.69, 9.17) is 4.74 Å². The summed E-state index contributed by atoms with van der Waals surface area (Å²) in [4.78, 5) is 16.2. The molecule has 1 aromatic heterocycles. The molecule has 0 saturated heterocycles. The highest BCUT2D eigenvalue weighted by Crippen LogP contribution is 2.30. The summed E-state index contributed by atoms with van der Waals surface area (Å²) in [5, 5.41) is 2.03. The number of aromatic nitrogens is 1. The van der Waals surface area contributed by atoms with E-state index < -0.39 is 12.1 Å². The average molecular weight is 289 g/mol. The summed E-state index contributed by atoms with van der Waals surface area (Å²) in [5.74, 6) is -0.469. The summed E-state index contributed by atoms with van der Waals surface area (Å²) in [7, 11) is 0. The molecule has 3 aromatic rings. The van der Waals surface area contributed by atoms with Gasteiger partial charge >= 0.3 is 5.97 Å². The van der Waals surface area contributed by atoms with Crippen molar-refractivity contribution in [1.82, 2.24) is 4.98 Å². The van der Waals surface area contributed by atoms with E-state index in [1.165, 1.54) is 6.08 Å². The Kier molecular flexibility index (Phi) is 3.97. The lowest BCUT2D eigenvalue weighted by atomic mass is 10.0. The number of esters is 1. The summed E-state index contributed by atoms with van der Waals surface area (Å²) >= 11 is 0. The van der Waals surface area contributed by atoms with Crippen LogP contribution >= 0.6 is 0 Å². The number of carbonyl (C=O) groups is 1. The van der Waals surface area contributed by atoms with E-state index in [2.05, 4.69) is 11.6 Å². The van der Waals surface area contributed by atoms with Gasteiger partial charge in [-0.15, -0.1) is 0 Å². The molecule has 0 saturated carbocycles. The minimum Gasteiger partial charge on any atom is -0.448 e. The molecule has 1 atom stereocenters. The molecule has 3 heteroatoms. The molecule has 0 fully saturated rings. The Balaban J connectivity index is 2.15. The maximum atomic E-state index is 11.7. The van der Waals surface area contributed by atoms with Crippen molar-refractivity contribution < 1.29 is 9.53 Å². The Morgan fingerprint density at radius 3 is 2.55 bits per heavy atom. The molecule has 3 nitrogen and oxygen atoms in total. The monoisotopic (exact) mass is 289 g/mol. The lowest BCUT2D eigenvalue weighted by Gasteiger charge is -2.18. The Hall–Kier alpha value is -2.94. The first-order valence-electron chi connectivity index (χ1n) is 7.01. The van der Waals surface area contributed by atoms with Crippen LogP contribution in [0.5, 0.6) is 0 Å². The van der Waals surface area contributed by atoms with Crippen LogP contribution in [-0.4, -0.2) is 11.0 Å². The normalized spacial score (nSPS) is 11.8. The van der Waals surface area contributed by atoms with Gasteiger partial charge in [0.1, 0.15) is 0 Å². The van der Waals surface area contributed by atoms with Gasteiger partial charge in [-0.25, -0.2) is 4.79 Å². The molecule has 0 spiro atoms. The van der Waals surface area contributed by atoms with Gasteiger partial charge in [-0.05, 0) is 17.0 Å². The van der Waals surface area contributed by atoms with Crippen LogP contribution in [-0.2, 0) is 9.53 Å². The number of carbonyl (C=O) groups excluding carboxylic acids is 1. The van der Waals surface area contributed by atoms with Crippen LogP contribution in [0.2, 0.25) is 0 Å². The van der Waals surface area contributed by atoms with E-state index in [-0.39, 0.29) is 0 Å². The number of hydrogen-bond acceptors (Lipinski definition) is 3. The second kappa shape index (κ2) is 6.22. The van der Waals surface area contributed by atoms with Crippen LogP contribution in [0, 0.1) is 0 Å². The molecule has 0 N–H and O–H groups in total. The Morgan fingerprint density at radius 2 is 1.77 bits per heavy atom. The molecule has 1 heterocycles. The second-order valence-electron chi connectivity index (χ2n) is 4.85. The largest absolute Gasteiger partial charge is 0.448 e. The van der Waals surface area contributed by atoms with E-state index in [1.807, 2.05) is 60.7 Å². The fraction of sp³-hybridized carbons (Fsp3) is 0.0526. The second-order valence-corrected chi connectivity index (χ2v) is 4.85. The van der Waals surface area contributed by atoms with Crippen molar-refractivity contribution >= 4 is 16.7 Å². The predicted molar refractivity (Wildman–Crippen MR) is 86.3 cm³/mol. The zero-order chi connectivity index (χ0) is 15.4. The van der Waals surface area contributed by atoms with Gasteiger partial charge < -0.3 is 4.74 Å². The Labute approximate surface area is 128 Å². The summed E-state index contributed by atoms with van der Waals surface area (Å²) in [5.41, 5.74) is 1.60. The lowest BCUT2D eigenvalue weighted by Crippen LogP contribution is -2.12. The van der Waals surface area contributed by atoms with Crippen molar-refractivity contribution in [3.63, 3.8) is 0 Å². The maximum Gasteiger partial charge on any atom is 0.331 e. The van der Waals surface area contributed by atoms with Gasteiger partial charge in [-0.1, -0.05) is 61.2 Å². The highest BCUT2D eigenvalue weighted by atomic mass is 16.5. The third-order valence-corrected chi connectivity index (χ3v) is 3.46.